The van der Waals surface area contributed by atoms with Gasteiger partial charge in [0.25, 0.3) is 0 Å². The number of allylic oxidation sites excluding steroid dienone is 9. The molecule has 0 saturated heterocycles. The lowest BCUT2D eigenvalue weighted by Gasteiger charge is -2.25. The van der Waals surface area contributed by atoms with E-state index in [4.69, 9.17) is 4.99 Å². The lowest BCUT2D eigenvalue weighted by molar-refractivity contribution is 0.701. The van der Waals surface area contributed by atoms with Crippen LogP contribution in [0.25, 0.3) is 5.57 Å². The highest BCUT2D eigenvalue weighted by atomic mass is 14.7. The lowest BCUT2D eigenvalue weighted by Crippen LogP contribution is -2.14. The maximum absolute atomic E-state index is 5.10. The van der Waals surface area contributed by atoms with Crippen LogP contribution in [-0.4, -0.2) is 5.71 Å². The summed E-state index contributed by atoms with van der Waals surface area (Å²) in [4.78, 5) is 5.10. The van der Waals surface area contributed by atoms with Gasteiger partial charge in [-0.25, -0.2) is 0 Å². The van der Waals surface area contributed by atoms with Crippen LogP contribution in [0.4, 0.5) is 5.69 Å². The largest absolute Gasteiger partial charge is 0.253 e. The zero-order valence-corrected chi connectivity index (χ0v) is 19.4. The van der Waals surface area contributed by atoms with Gasteiger partial charge >= 0.3 is 0 Å². The Morgan fingerprint density at radius 3 is 2.66 bits per heavy atom. The van der Waals surface area contributed by atoms with E-state index < -0.39 is 0 Å². The number of benzene rings is 2. The van der Waals surface area contributed by atoms with Gasteiger partial charge in [-0.2, -0.15) is 0 Å². The van der Waals surface area contributed by atoms with E-state index in [-0.39, 0.29) is 0 Å². The number of nitrogens with zero attached hydrogens (tertiary/aromatic N) is 1. The first-order chi connectivity index (χ1) is 15.7. The van der Waals surface area contributed by atoms with Crippen molar-refractivity contribution in [2.45, 2.75) is 51.9 Å². The minimum absolute atomic E-state index is 0.437. The van der Waals surface area contributed by atoms with Crippen LogP contribution < -0.4 is 0 Å². The van der Waals surface area contributed by atoms with Gasteiger partial charge in [0.2, 0.25) is 0 Å². The maximum Gasteiger partial charge on any atom is 0.0636 e. The second-order valence-corrected chi connectivity index (χ2v) is 8.73. The zero-order valence-electron chi connectivity index (χ0n) is 19.4. The Hall–Kier alpha value is -3.19. The fourth-order valence-corrected chi connectivity index (χ4v) is 4.76. The van der Waals surface area contributed by atoms with E-state index >= 15 is 0 Å². The van der Waals surface area contributed by atoms with Crippen LogP contribution in [0.5, 0.6) is 0 Å². The number of hydrogen-bond donors (Lipinski definition) is 0. The number of hydrogen-bond acceptors (Lipinski definition) is 1. The molecule has 2 aliphatic carbocycles. The Labute approximate surface area is 193 Å². The van der Waals surface area contributed by atoms with Crippen molar-refractivity contribution in [3.05, 3.63) is 119 Å². The average molecular weight is 420 g/mol. The summed E-state index contributed by atoms with van der Waals surface area (Å²) < 4.78 is 0. The topological polar surface area (TPSA) is 12.4 Å². The summed E-state index contributed by atoms with van der Waals surface area (Å²) in [7, 11) is 0. The summed E-state index contributed by atoms with van der Waals surface area (Å²) in [5, 5.41) is 0. The molecule has 1 heteroatoms. The van der Waals surface area contributed by atoms with Gasteiger partial charge in [0.1, 0.15) is 0 Å². The molecule has 4 rings (SSSR count). The molecule has 0 amide bonds. The minimum Gasteiger partial charge on any atom is -0.253 e. The first kappa shape index (κ1) is 22.0. The van der Waals surface area contributed by atoms with Crippen LogP contribution in [-0.2, 0) is 0 Å². The molecule has 0 aliphatic heterocycles. The summed E-state index contributed by atoms with van der Waals surface area (Å²) in [6.45, 7) is 8.31. The molecule has 0 aromatic heterocycles. The molecule has 2 aliphatic rings. The third-order valence-electron chi connectivity index (χ3n) is 6.47. The van der Waals surface area contributed by atoms with Gasteiger partial charge in [-0.05, 0) is 103 Å². The molecule has 32 heavy (non-hydrogen) atoms. The van der Waals surface area contributed by atoms with Crippen LogP contribution >= 0.6 is 0 Å². The highest BCUT2D eigenvalue weighted by Gasteiger charge is 2.22. The molecule has 0 saturated carbocycles. The van der Waals surface area contributed by atoms with E-state index in [0.29, 0.717) is 5.92 Å². The van der Waals surface area contributed by atoms with Crippen molar-refractivity contribution in [1.29, 1.82) is 0 Å². The predicted octanol–water partition coefficient (Wildman–Crippen LogP) is 8.83. The molecule has 2 aromatic rings. The second-order valence-electron chi connectivity index (χ2n) is 8.73. The van der Waals surface area contributed by atoms with Crippen LogP contribution in [0.3, 0.4) is 0 Å². The summed E-state index contributed by atoms with van der Waals surface area (Å²) in [5.41, 5.74) is 10.0. The molecule has 0 fully saturated rings. The van der Waals surface area contributed by atoms with Crippen LogP contribution in [0, 0.1) is 6.92 Å². The number of rotatable bonds is 5. The Kier molecular flexibility index (Phi) is 7.17. The van der Waals surface area contributed by atoms with Crippen molar-refractivity contribution in [3.8, 4) is 0 Å². The quantitative estimate of drug-likeness (QED) is 0.429. The predicted molar refractivity (Wildman–Crippen MR) is 140 cm³/mol. The minimum atomic E-state index is 0.437. The van der Waals surface area contributed by atoms with Crippen LogP contribution in [0.1, 0.15) is 61.6 Å². The molecule has 0 N–H and O–H groups in total. The molecule has 0 radical (unpaired) electrons. The Balaban J connectivity index is 1.67. The van der Waals surface area contributed by atoms with Gasteiger partial charge in [0.05, 0.1) is 5.69 Å². The highest BCUT2D eigenvalue weighted by molar-refractivity contribution is 5.99. The molecule has 2 aromatic carbocycles. The molecular weight excluding hydrogens is 386 g/mol. The summed E-state index contributed by atoms with van der Waals surface area (Å²) in [6.07, 6.45) is 18.9. The van der Waals surface area contributed by atoms with Gasteiger partial charge < -0.3 is 0 Å². The first-order valence-corrected chi connectivity index (χ1v) is 11.8. The summed E-state index contributed by atoms with van der Waals surface area (Å²) in [5.74, 6) is 0.437. The maximum atomic E-state index is 5.10. The molecule has 162 valence electrons. The lowest BCUT2D eigenvalue weighted by atomic mass is 9.80. The van der Waals surface area contributed by atoms with Crippen molar-refractivity contribution in [3.63, 3.8) is 0 Å². The second kappa shape index (κ2) is 10.4. The molecular formula is C31H33N. The fourth-order valence-electron chi connectivity index (χ4n) is 4.76. The van der Waals surface area contributed by atoms with Gasteiger partial charge in [-0.15, -0.1) is 0 Å². The van der Waals surface area contributed by atoms with Crippen molar-refractivity contribution < 1.29 is 0 Å². The Morgan fingerprint density at radius 1 is 1.06 bits per heavy atom. The van der Waals surface area contributed by atoms with E-state index in [1.807, 2.05) is 6.08 Å². The standard InChI is InChI=1S/C31H33N/c1-4-24(5-2)27-20-28(25-13-11-8-12-14-25)22-30(21-27)32-29-17-18-31(23(3)19-29)26-15-9-6-7-10-16-26/h4-5,8-9,11-19,21,28H,1,6-7,10,20,22H2,2-3H3. The SMILES string of the molecule is C=CC(=CC)C1=CC(=Nc2ccc(C3=CCCCC=C3)c(C)c2)CC(c2ccccc2)C1. The average Bonchev–Trinajstić information content (AvgIpc) is 3.10. The van der Waals surface area contributed by atoms with E-state index in [1.54, 1.807) is 0 Å². The molecule has 1 nitrogen and oxygen atoms in total. The first-order valence-electron chi connectivity index (χ1n) is 11.8. The highest BCUT2D eigenvalue weighted by Crippen LogP contribution is 2.36. The van der Waals surface area contributed by atoms with E-state index in [1.165, 1.54) is 46.3 Å². The van der Waals surface area contributed by atoms with E-state index in [0.717, 1.165) is 30.7 Å². The molecule has 0 spiro atoms. The zero-order chi connectivity index (χ0) is 22.3. The van der Waals surface area contributed by atoms with Crippen molar-refractivity contribution in [2.24, 2.45) is 4.99 Å². The van der Waals surface area contributed by atoms with Crippen molar-refractivity contribution in [1.82, 2.24) is 0 Å². The third kappa shape index (κ3) is 5.16. The van der Waals surface area contributed by atoms with Gasteiger partial charge in [0.15, 0.2) is 0 Å². The van der Waals surface area contributed by atoms with Crippen LogP contribution in [0.15, 0.2) is 108 Å². The van der Waals surface area contributed by atoms with Gasteiger partial charge in [-0.3, -0.25) is 4.99 Å². The molecule has 1 atom stereocenters. The van der Waals surface area contributed by atoms with Crippen molar-refractivity contribution >= 4 is 17.0 Å². The monoisotopic (exact) mass is 419 g/mol. The normalized spacial score (nSPS) is 20.5. The molecule has 0 bridgehead atoms. The van der Waals surface area contributed by atoms with Gasteiger partial charge in [0, 0.05) is 5.71 Å². The molecule has 0 heterocycles. The summed E-state index contributed by atoms with van der Waals surface area (Å²) in [6, 6.07) is 17.5. The number of aliphatic imine (C=N–C) groups is 1. The Bertz CT molecular complexity index is 1120. The third-order valence-corrected chi connectivity index (χ3v) is 6.47. The number of aryl methyl sites for hydroxylation is 1. The summed E-state index contributed by atoms with van der Waals surface area (Å²) >= 11 is 0. The Morgan fingerprint density at radius 2 is 1.91 bits per heavy atom. The van der Waals surface area contributed by atoms with Crippen LogP contribution in [0.2, 0.25) is 0 Å². The van der Waals surface area contributed by atoms with E-state index in [9.17, 15) is 0 Å². The van der Waals surface area contributed by atoms with Gasteiger partial charge in [-0.1, -0.05) is 73.4 Å². The van der Waals surface area contributed by atoms with E-state index in [2.05, 4.69) is 99.3 Å². The molecule has 1 unspecified atom stereocenters. The van der Waals surface area contributed by atoms with Crippen molar-refractivity contribution in [2.75, 3.05) is 0 Å². The smallest absolute Gasteiger partial charge is 0.0636 e. The fraction of sp³-hybridized carbons (Fsp3) is 0.258.